The monoisotopic (exact) mass is 322 g/mol. The normalized spacial score (nSPS) is 23.6. The lowest BCUT2D eigenvalue weighted by atomic mass is 9.97. The average molecular weight is 323 g/mol. The van der Waals surface area contributed by atoms with E-state index in [4.69, 9.17) is 22.1 Å². The highest BCUT2D eigenvalue weighted by Gasteiger charge is 2.36. The van der Waals surface area contributed by atoms with Gasteiger partial charge in [-0.25, -0.2) is 0 Å². The van der Waals surface area contributed by atoms with Crippen LogP contribution in [0.4, 0.5) is 13.2 Å². The summed E-state index contributed by atoms with van der Waals surface area (Å²) in [5.41, 5.74) is 5.38. The van der Waals surface area contributed by atoms with E-state index >= 15 is 0 Å². The fourth-order valence-electron chi connectivity index (χ4n) is 2.88. The Balaban J connectivity index is 2.48. The van der Waals surface area contributed by atoms with E-state index in [1.807, 2.05) is 11.9 Å². The number of hydrogen-bond donors (Lipinski definition) is 1. The Morgan fingerprint density at radius 3 is 2.57 bits per heavy atom. The molecule has 1 heterocycles. The molecule has 1 aliphatic rings. The van der Waals surface area contributed by atoms with Crippen LogP contribution in [-0.4, -0.2) is 32.1 Å². The standard InChI is InChI=1S/C14H18ClF3N2O/c1-20-7-8(6-19)3-12(20)10-4-9(14(16,17)18)5-11(15)13(10)21-2/h4-5,8,12H,3,6-7,19H2,1-2H3. The Morgan fingerprint density at radius 1 is 1.43 bits per heavy atom. The number of rotatable bonds is 3. The first-order valence-electron chi connectivity index (χ1n) is 6.62. The van der Waals surface area contributed by atoms with Crippen molar-refractivity contribution in [1.82, 2.24) is 4.90 Å². The zero-order valence-electron chi connectivity index (χ0n) is 11.9. The van der Waals surface area contributed by atoms with Crippen LogP contribution in [0.25, 0.3) is 0 Å². The molecular weight excluding hydrogens is 305 g/mol. The quantitative estimate of drug-likeness (QED) is 0.927. The molecule has 0 bridgehead atoms. The number of methoxy groups -OCH3 is 1. The van der Waals surface area contributed by atoms with E-state index in [1.54, 1.807) is 0 Å². The molecule has 0 spiro atoms. The average Bonchev–Trinajstić information content (AvgIpc) is 2.78. The zero-order chi connectivity index (χ0) is 15.8. The number of benzene rings is 1. The lowest BCUT2D eigenvalue weighted by Crippen LogP contribution is -2.21. The van der Waals surface area contributed by atoms with E-state index in [9.17, 15) is 13.2 Å². The molecule has 2 rings (SSSR count). The third-order valence-electron chi connectivity index (χ3n) is 3.93. The highest BCUT2D eigenvalue weighted by molar-refractivity contribution is 6.32. The van der Waals surface area contributed by atoms with Crippen LogP contribution in [0.5, 0.6) is 5.75 Å². The first-order valence-corrected chi connectivity index (χ1v) is 7.00. The first kappa shape index (κ1) is 16.4. The summed E-state index contributed by atoms with van der Waals surface area (Å²) in [7, 11) is 3.28. The van der Waals surface area contributed by atoms with Crippen LogP contribution in [-0.2, 0) is 6.18 Å². The fraction of sp³-hybridized carbons (Fsp3) is 0.571. The van der Waals surface area contributed by atoms with E-state index < -0.39 is 11.7 Å². The number of alkyl halides is 3. The van der Waals surface area contributed by atoms with Gasteiger partial charge in [0.2, 0.25) is 0 Å². The van der Waals surface area contributed by atoms with Gasteiger partial charge in [-0.15, -0.1) is 0 Å². The molecule has 0 amide bonds. The van der Waals surface area contributed by atoms with E-state index in [0.717, 1.165) is 18.7 Å². The highest BCUT2D eigenvalue weighted by atomic mass is 35.5. The van der Waals surface area contributed by atoms with Crippen molar-refractivity contribution >= 4 is 11.6 Å². The molecule has 2 N–H and O–H groups in total. The van der Waals surface area contributed by atoms with Gasteiger partial charge in [0.1, 0.15) is 5.75 Å². The largest absolute Gasteiger partial charge is 0.495 e. The summed E-state index contributed by atoms with van der Waals surface area (Å²) in [6.07, 6.45) is -3.74. The van der Waals surface area contributed by atoms with Crippen molar-refractivity contribution in [2.75, 3.05) is 27.2 Å². The number of hydrogen-bond acceptors (Lipinski definition) is 3. The molecule has 7 heteroatoms. The van der Waals surface area contributed by atoms with Crippen LogP contribution in [0.1, 0.15) is 23.6 Å². The molecular formula is C14H18ClF3N2O. The number of likely N-dealkylation sites (tertiary alicyclic amines) is 1. The van der Waals surface area contributed by atoms with Crippen LogP contribution in [0.3, 0.4) is 0 Å². The summed E-state index contributed by atoms with van der Waals surface area (Å²) in [5.74, 6) is 0.567. The zero-order valence-corrected chi connectivity index (χ0v) is 12.6. The molecule has 1 saturated heterocycles. The molecule has 1 aliphatic heterocycles. The van der Waals surface area contributed by atoms with Gasteiger partial charge in [0.15, 0.2) is 0 Å². The predicted octanol–water partition coefficient (Wildman–Crippen LogP) is 3.32. The second-order valence-electron chi connectivity index (χ2n) is 5.37. The molecule has 1 aromatic carbocycles. The lowest BCUT2D eigenvalue weighted by molar-refractivity contribution is -0.137. The molecule has 1 aromatic rings. The van der Waals surface area contributed by atoms with Crippen LogP contribution >= 0.6 is 11.6 Å². The van der Waals surface area contributed by atoms with Gasteiger partial charge >= 0.3 is 6.18 Å². The molecule has 2 atom stereocenters. The summed E-state index contributed by atoms with van der Waals surface area (Å²) in [5, 5.41) is -0.0214. The fourth-order valence-corrected chi connectivity index (χ4v) is 3.18. The Hall–Kier alpha value is -0.980. The molecule has 0 saturated carbocycles. The topological polar surface area (TPSA) is 38.5 Å². The van der Waals surface area contributed by atoms with Gasteiger partial charge in [0.05, 0.1) is 17.7 Å². The van der Waals surface area contributed by atoms with Crippen molar-refractivity contribution in [3.8, 4) is 5.75 Å². The predicted molar refractivity (Wildman–Crippen MR) is 75.5 cm³/mol. The minimum absolute atomic E-state index is 0.0214. The van der Waals surface area contributed by atoms with Crippen LogP contribution in [0.15, 0.2) is 12.1 Å². The summed E-state index contributed by atoms with van der Waals surface area (Å²) >= 11 is 5.97. The minimum Gasteiger partial charge on any atom is -0.495 e. The Morgan fingerprint density at radius 2 is 2.10 bits per heavy atom. The van der Waals surface area contributed by atoms with Crippen molar-refractivity contribution in [3.63, 3.8) is 0 Å². The molecule has 21 heavy (non-hydrogen) atoms. The summed E-state index contributed by atoms with van der Waals surface area (Å²) in [6.45, 7) is 1.26. The molecule has 0 aromatic heterocycles. The number of nitrogens with zero attached hydrogens (tertiary/aromatic N) is 1. The smallest absolute Gasteiger partial charge is 0.416 e. The number of halogens is 4. The van der Waals surface area contributed by atoms with Gasteiger partial charge in [-0.2, -0.15) is 13.2 Å². The maximum Gasteiger partial charge on any atom is 0.416 e. The van der Waals surface area contributed by atoms with Crippen molar-refractivity contribution < 1.29 is 17.9 Å². The Kier molecular flexibility index (Phi) is 4.70. The lowest BCUT2D eigenvalue weighted by Gasteiger charge is -2.23. The third-order valence-corrected chi connectivity index (χ3v) is 4.21. The Bertz CT molecular complexity index is 522. The van der Waals surface area contributed by atoms with Gasteiger partial charge in [-0.3, -0.25) is 4.90 Å². The summed E-state index contributed by atoms with van der Waals surface area (Å²) in [4.78, 5) is 1.99. The van der Waals surface area contributed by atoms with Crippen LogP contribution < -0.4 is 10.5 Å². The van der Waals surface area contributed by atoms with Gasteiger partial charge in [-0.05, 0) is 38.1 Å². The minimum atomic E-state index is -4.44. The van der Waals surface area contributed by atoms with Crippen LogP contribution in [0.2, 0.25) is 5.02 Å². The maximum absolute atomic E-state index is 13.0. The molecule has 1 fully saturated rings. The van der Waals surface area contributed by atoms with E-state index in [2.05, 4.69) is 0 Å². The van der Waals surface area contributed by atoms with Crippen molar-refractivity contribution in [3.05, 3.63) is 28.3 Å². The third kappa shape index (κ3) is 3.27. The van der Waals surface area contributed by atoms with Gasteiger partial charge in [0.25, 0.3) is 0 Å². The van der Waals surface area contributed by atoms with Crippen molar-refractivity contribution in [2.24, 2.45) is 11.7 Å². The van der Waals surface area contributed by atoms with Gasteiger partial charge < -0.3 is 10.5 Å². The van der Waals surface area contributed by atoms with Gasteiger partial charge in [-0.1, -0.05) is 11.6 Å². The van der Waals surface area contributed by atoms with E-state index in [1.165, 1.54) is 7.11 Å². The second-order valence-corrected chi connectivity index (χ2v) is 5.78. The van der Waals surface area contributed by atoms with E-state index in [-0.39, 0.29) is 17.0 Å². The highest BCUT2D eigenvalue weighted by Crippen LogP contribution is 2.44. The van der Waals surface area contributed by atoms with Crippen LogP contribution in [0, 0.1) is 5.92 Å². The SMILES string of the molecule is COc1c(Cl)cc(C(F)(F)F)cc1C1CC(CN)CN1C. The molecule has 118 valence electrons. The van der Waals surface area contributed by atoms with Crippen molar-refractivity contribution in [2.45, 2.75) is 18.6 Å². The second kappa shape index (κ2) is 6.02. The number of ether oxygens (including phenoxy) is 1. The summed E-state index contributed by atoms with van der Waals surface area (Å²) < 4.78 is 44.1. The molecule has 2 unspecified atom stereocenters. The number of nitrogens with two attached hydrogens (primary N) is 1. The molecule has 0 aliphatic carbocycles. The van der Waals surface area contributed by atoms with Crippen molar-refractivity contribution in [1.29, 1.82) is 0 Å². The first-order chi connectivity index (χ1) is 9.77. The maximum atomic E-state index is 13.0. The van der Waals surface area contributed by atoms with Gasteiger partial charge in [0, 0.05) is 18.2 Å². The van der Waals surface area contributed by atoms with E-state index in [0.29, 0.717) is 24.3 Å². The molecule has 0 radical (unpaired) electrons. The Labute approximate surface area is 126 Å². The summed E-state index contributed by atoms with van der Waals surface area (Å²) in [6, 6.07) is 1.86. The molecule has 3 nitrogen and oxygen atoms in total.